The smallest absolute Gasteiger partial charge is 0.160 e. The first kappa shape index (κ1) is 15.8. The van der Waals surface area contributed by atoms with Crippen molar-refractivity contribution in [3.8, 4) is 5.75 Å². The number of furan rings is 1. The summed E-state index contributed by atoms with van der Waals surface area (Å²) in [4.78, 5) is 2.35. The maximum absolute atomic E-state index is 6.21. The topological polar surface area (TPSA) is 37.6 Å². The molecule has 1 unspecified atom stereocenters. The number of methoxy groups -OCH3 is 1. The Morgan fingerprint density at radius 2 is 1.78 bits per heavy atom. The van der Waals surface area contributed by atoms with Crippen LogP contribution in [0.25, 0.3) is 11.0 Å². The van der Waals surface area contributed by atoms with Gasteiger partial charge in [0.05, 0.1) is 18.5 Å². The van der Waals surface area contributed by atoms with Gasteiger partial charge in [0.15, 0.2) is 6.17 Å². The van der Waals surface area contributed by atoms with Gasteiger partial charge in [-0.2, -0.15) is 0 Å². The molecule has 3 aromatic carbocycles. The van der Waals surface area contributed by atoms with Crippen LogP contribution in [0.5, 0.6) is 5.75 Å². The van der Waals surface area contributed by atoms with Gasteiger partial charge >= 0.3 is 0 Å². The fourth-order valence-electron chi connectivity index (χ4n) is 3.69. The van der Waals surface area contributed by atoms with E-state index in [0.717, 1.165) is 34.7 Å². The maximum atomic E-state index is 6.21. The van der Waals surface area contributed by atoms with Crippen molar-refractivity contribution in [2.45, 2.75) is 12.7 Å². The number of benzene rings is 3. The lowest BCUT2D eigenvalue weighted by Gasteiger charge is -2.25. The molecule has 0 radical (unpaired) electrons. The lowest BCUT2D eigenvalue weighted by molar-refractivity contribution is 0.414. The molecule has 0 saturated carbocycles. The van der Waals surface area contributed by atoms with Crippen LogP contribution < -0.4 is 15.0 Å². The molecule has 0 saturated heterocycles. The Hall–Kier alpha value is -3.40. The first-order valence-corrected chi connectivity index (χ1v) is 9.05. The molecule has 4 nitrogen and oxygen atoms in total. The second-order valence-electron chi connectivity index (χ2n) is 6.73. The number of hydrogen-bond donors (Lipinski definition) is 1. The maximum Gasteiger partial charge on any atom is 0.160 e. The molecule has 0 fully saturated rings. The number of hydrogen-bond acceptors (Lipinski definition) is 4. The standard InChI is InChI=1S/C23H20N2O2/c1-26-18-12-11-17-13-22(27-21(17)14-18)23-24-19-9-5-6-10-20(19)25(23)15-16-7-3-2-4-8-16/h2-14,23-24H,15H2,1H3. The largest absolute Gasteiger partial charge is 0.497 e. The van der Waals surface area contributed by atoms with E-state index < -0.39 is 0 Å². The van der Waals surface area contributed by atoms with Gasteiger partial charge in [0, 0.05) is 18.0 Å². The van der Waals surface area contributed by atoms with Crippen LogP contribution in [0.15, 0.2) is 83.3 Å². The minimum atomic E-state index is -0.0546. The summed E-state index contributed by atoms with van der Waals surface area (Å²) in [6, 6.07) is 26.9. The number of para-hydroxylation sites is 2. The summed E-state index contributed by atoms with van der Waals surface area (Å²) >= 11 is 0. The molecule has 0 bridgehead atoms. The predicted octanol–water partition coefficient (Wildman–Crippen LogP) is 5.57. The highest BCUT2D eigenvalue weighted by Crippen LogP contribution is 2.43. The zero-order chi connectivity index (χ0) is 18.2. The van der Waals surface area contributed by atoms with Gasteiger partial charge in [-0.1, -0.05) is 42.5 Å². The van der Waals surface area contributed by atoms with Gasteiger partial charge in [-0.15, -0.1) is 0 Å². The van der Waals surface area contributed by atoms with Crippen molar-refractivity contribution in [2.75, 3.05) is 17.3 Å². The average molecular weight is 356 g/mol. The van der Waals surface area contributed by atoms with E-state index in [0.29, 0.717) is 0 Å². The first-order chi connectivity index (χ1) is 13.3. The van der Waals surface area contributed by atoms with Crippen LogP contribution >= 0.6 is 0 Å². The zero-order valence-corrected chi connectivity index (χ0v) is 15.1. The van der Waals surface area contributed by atoms with E-state index in [1.54, 1.807) is 7.11 Å². The molecule has 1 aliphatic rings. The van der Waals surface area contributed by atoms with Crippen LogP contribution in [0.4, 0.5) is 11.4 Å². The highest BCUT2D eigenvalue weighted by atomic mass is 16.5. The minimum absolute atomic E-state index is 0.0546. The van der Waals surface area contributed by atoms with Crippen LogP contribution in [-0.4, -0.2) is 7.11 Å². The Balaban J connectivity index is 1.55. The quantitative estimate of drug-likeness (QED) is 0.518. The van der Waals surface area contributed by atoms with E-state index in [-0.39, 0.29) is 6.17 Å². The minimum Gasteiger partial charge on any atom is -0.497 e. The molecule has 4 heteroatoms. The number of nitrogens with zero attached hydrogens (tertiary/aromatic N) is 1. The van der Waals surface area contributed by atoms with Crippen molar-refractivity contribution >= 4 is 22.3 Å². The van der Waals surface area contributed by atoms with Gasteiger partial charge in [-0.25, -0.2) is 0 Å². The number of anilines is 2. The van der Waals surface area contributed by atoms with Crippen LogP contribution in [0, 0.1) is 0 Å². The Kier molecular flexibility index (Phi) is 3.75. The van der Waals surface area contributed by atoms with Crippen molar-refractivity contribution < 1.29 is 9.15 Å². The summed E-state index contributed by atoms with van der Waals surface area (Å²) < 4.78 is 11.5. The molecule has 1 atom stereocenters. The third-order valence-electron chi connectivity index (χ3n) is 5.03. The summed E-state index contributed by atoms with van der Waals surface area (Å²) in [6.45, 7) is 0.801. The van der Waals surface area contributed by atoms with Crippen molar-refractivity contribution in [2.24, 2.45) is 0 Å². The molecule has 1 aliphatic heterocycles. The van der Waals surface area contributed by atoms with Crippen molar-refractivity contribution in [1.82, 2.24) is 0 Å². The van der Waals surface area contributed by atoms with E-state index in [9.17, 15) is 0 Å². The Morgan fingerprint density at radius 3 is 2.63 bits per heavy atom. The van der Waals surface area contributed by atoms with Gasteiger partial charge in [-0.3, -0.25) is 0 Å². The van der Waals surface area contributed by atoms with E-state index in [4.69, 9.17) is 9.15 Å². The monoisotopic (exact) mass is 356 g/mol. The number of rotatable bonds is 4. The summed E-state index contributed by atoms with van der Waals surface area (Å²) in [6.07, 6.45) is -0.0546. The second kappa shape index (κ2) is 6.40. The molecule has 134 valence electrons. The Labute approximate surface area is 158 Å². The predicted molar refractivity (Wildman–Crippen MR) is 108 cm³/mol. The fraction of sp³-hybridized carbons (Fsp3) is 0.130. The molecule has 2 heterocycles. The van der Waals surface area contributed by atoms with Crippen molar-refractivity contribution in [3.63, 3.8) is 0 Å². The molecule has 0 aliphatic carbocycles. The molecular formula is C23H20N2O2. The molecule has 27 heavy (non-hydrogen) atoms. The van der Waals surface area contributed by atoms with E-state index in [2.05, 4.69) is 64.8 Å². The summed E-state index contributed by atoms with van der Waals surface area (Å²) in [5, 5.41) is 4.68. The molecule has 5 rings (SSSR count). The third kappa shape index (κ3) is 2.79. The lowest BCUT2D eigenvalue weighted by atomic mass is 10.2. The van der Waals surface area contributed by atoms with Crippen LogP contribution in [0.3, 0.4) is 0 Å². The fourth-order valence-corrected chi connectivity index (χ4v) is 3.69. The SMILES string of the molecule is COc1ccc2cc(C3Nc4ccccc4N3Cc3ccccc3)oc2c1. The Morgan fingerprint density at radius 1 is 0.963 bits per heavy atom. The Bertz CT molecular complexity index is 1090. The summed E-state index contributed by atoms with van der Waals surface area (Å²) in [5.41, 5.74) is 4.40. The molecule has 1 N–H and O–H groups in total. The van der Waals surface area contributed by atoms with Gasteiger partial charge < -0.3 is 19.4 Å². The van der Waals surface area contributed by atoms with Gasteiger partial charge in [0.1, 0.15) is 17.1 Å². The molecular weight excluding hydrogens is 336 g/mol. The van der Waals surface area contributed by atoms with E-state index >= 15 is 0 Å². The number of nitrogens with one attached hydrogen (secondary N) is 1. The molecule has 1 aromatic heterocycles. The third-order valence-corrected chi connectivity index (χ3v) is 5.03. The summed E-state index contributed by atoms with van der Waals surface area (Å²) in [5.74, 6) is 1.69. The van der Waals surface area contributed by atoms with Gasteiger partial charge in [-0.05, 0) is 35.9 Å². The van der Waals surface area contributed by atoms with E-state index in [1.807, 2.05) is 24.3 Å². The van der Waals surface area contributed by atoms with Crippen molar-refractivity contribution in [3.05, 3.63) is 90.2 Å². The highest BCUT2D eigenvalue weighted by molar-refractivity contribution is 5.81. The van der Waals surface area contributed by atoms with Gasteiger partial charge in [0.2, 0.25) is 0 Å². The number of fused-ring (bicyclic) bond motifs is 2. The van der Waals surface area contributed by atoms with E-state index in [1.165, 1.54) is 11.3 Å². The first-order valence-electron chi connectivity index (χ1n) is 9.05. The number of ether oxygens (including phenoxy) is 1. The second-order valence-corrected chi connectivity index (χ2v) is 6.73. The molecule has 0 spiro atoms. The zero-order valence-electron chi connectivity index (χ0n) is 15.1. The van der Waals surface area contributed by atoms with Crippen LogP contribution in [-0.2, 0) is 6.54 Å². The van der Waals surface area contributed by atoms with Crippen LogP contribution in [0.2, 0.25) is 0 Å². The van der Waals surface area contributed by atoms with Crippen molar-refractivity contribution in [1.29, 1.82) is 0 Å². The average Bonchev–Trinajstić information content (AvgIpc) is 3.29. The normalized spacial score (nSPS) is 15.6. The summed E-state index contributed by atoms with van der Waals surface area (Å²) in [7, 11) is 1.67. The molecule has 4 aromatic rings. The lowest BCUT2D eigenvalue weighted by Crippen LogP contribution is -2.27. The van der Waals surface area contributed by atoms with Gasteiger partial charge in [0.25, 0.3) is 0 Å². The molecule has 0 amide bonds. The highest BCUT2D eigenvalue weighted by Gasteiger charge is 2.32. The van der Waals surface area contributed by atoms with Crippen LogP contribution in [0.1, 0.15) is 17.5 Å².